The molecule has 6 nitrogen and oxygen atoms in total. The van der Waals surface area contributed by atoms with Gasteiger partial charge in [-0.05, 0) is 6.07 Å². The molecule has 0 amide bonds. The third-order valence-electron chi connectivity index (χ3n) is 2.79. The zero-order valence-corrected chi connectivity index (χ0v) is 13.0. The molecule has 0 saturated heterocycles. The van der Waals surface area contributed by atoms with Gasteiger partial charge in [0.15, 0.2) is 0 Å². The van der Waals surface area contributed by atoms with Crippen molar-refractivity contribution in [3.8, 4) is 23.3 Å². The Bertz CT molecular complexity index is 814. The predicted octanol–water partition coefficient (Wildman–Crippen LogP) is 3.56. The minimum absolute atomic E-state index is 0.0826. The van der Waals surface area contributed by atoms with E-state index >= 15 is 0 Å². The normalized spacial score (nSPS) is 8.95. The summed E-state index contributed by atoms with van der Waals surface area (Å²) in [4.78, 5) is 2.62. The highest BCUT2D eigenvalue weighted by Crippen LogP contribution is 2.34. The summed E-state index contributed by atoms with van der Waals surface area (Å²) in [7, 11) is 0. The highest BCUT2D eigenvalue weighted by Gasteiger charge is 2.18. The van der Waals surface area contributed by atoms with Gasteiger partial charge in [0.25, 0.3) is 0 Å². The first-order chi connectivity index (χ1) is 10.6. The van der Waals surface area contributed by atoms with Crippen molar-refractivity contribution >= 4 is 23.7 Å². The number of pyridine rings is 1. The van der Waals surface area contributed by atoms with E-state index in [0.717, 1.165) is 0 Å². The maximum absolute atomic E-state index is 9.27. The Morgan fingerprint density at radius 2 is 1.77 bits per heavy atom. The van der Waals surface area contributed by atoms with E-state index in [1.54, 1.807) is 24.3 Å². The Hall–Kier alpha value is -2.87. The lowest BCUT2D eigenvalue weighted by Crippen LogP contribution is -2.03. The van der Waals surface area contributed by atoms with Crippen molar-refractivity contribution in [1.29, 1.82) is 10.5 Å². The highest BCUT2D eigenvalue weighted by molar-refractivity contribution is 7.71. The quantitative estimate of drug-likeness (QED) is 0.496. The van der Waals surface area contributed by atoms with E-state index in [1.165, 1.54) is 0 Å². The van der Waals surface area contributed by atoms with Crippen LogP contribution in [-0.4, -0.2) is 10.2 Å². The molecular formula is C15H15N5OS. The van der Waals surface area contributed by atoms with Gasteiger partial charge in [-0.15, -0.1) is 0 Å². The van der Waals surface area contributed by atoms with Crippen LogP contribution in [0.5, 0.6) is 0 Å². The Labute approximate surface area is 133 Å². The summed E-state index contributed by atoms with van der Waals surface area (Å²) in [5.74, 6) is 0.0826. The van der Waals surface area contributed by atoms with Crippen LogP contribution in [0.15, 0.2) is 24.3 Å². The number of aromatic amines is 1. The van der Waals surface area contributed by atoms with Crippen molar-refractivity contribution in [1.82, 2.24) is 4.98 Å². The smallest absolute Gasteiger partial charge is 0.123 e. The number of nitriles is 2. The second kappa shape index (κ2) is 7.79. The number of H-pyrrole nitrogens is 1. The van der Waals surface area contributed by atoms with E-state index in [1.807, 2.05) is 31.5 Å². The van der Waals surface area contributed by atoms with Crippen LogP contribution in [0.2, 0.25) is 0 Å². The van der Waals surface area contributed by atoms with Gasteiger partial charge in [-0.1, -0.05) is 44.3 Å². The third kappa shape index (κ3) is 3.07. The van der Waals surface area contributed by atoms with Gasteiger partial charge in [0, 0.05) is 11.1 Å². The van der Waals surface area contributed by atoms with Crippen molar-refractivity contribution in [2.75, 3.05) is 11.2 Å². The number of nitrogens with two attached hydrogens (primary N) is 1. The zero-order valence-electron chi connectivity index (χ0n) is 12.1. The first-order valence-corrected chi connectivity index (χ1v) is 6.90. The highest BCUT2D eigenvalue weighted by atomic mass is 32.1. The number of rotatable bonds is 2. The summed E-state index contributed by atoms with van der Waals surface area (Å²) in [6, 6.07) is 10.6. The molecule has 0 saturated carbocycles. The predicted molar refractivity (Wildman–Crippen MR) is 87.7 cm³/mol. The molecule has 0 spiro atoms. The van der Waals surface area contributed by atoms with Gasteiger partial charge in [0.1, 0.15) is 28.2 Å². The molecule has 7 heteroatoms. The maximum Gasteiger partial charge on any atom is 0.123 e. The SMILES string of the molecule is CC.N#Cc1c(N)[nH]c(=S)c(C#N)c1-c1ccccc1NO. The number of nitrogens with zero attached hydrogens (tertiary/aromatic N) is 2. The van der Waals surface area contributed by atoms with Gasteiger partial charge in [0.2, 0.25) is 0 Å². The molecule has 2 aromatic rings. The Kier molecular flexibility index (Phi) is 6.09. The van der Waals surface area contributed by atoms with Crippen molar-refractivity contribution < 1.29 is 5.21 Å². The third-order valence-corrected chi connectivity index (χ3v) is 3.09. The first-order valence-electron chi connectivity index (χ1n) is 6.49. The number of nitrogens with one attached hydrogen (secondary N) is 2. The maximum atomic E-state index is 9.27. The molecule has 1 aromatic carbocycles. The van der Waals surface area contributed by atoms with Crippen LogP contribution in [-0.2, 0) is 0 Å². The molecule has 2 rings (SSSR count). The lowest BCUT2D eigenvalue weighted by molar-refractivity contribution is 0.389. The van der Waals surface area contributed by atoms with Crippen LogP contribution < -0.4 is 11.2 Å². The number of nitrogen functional groups attached to an aromatic ring is 1. The molecule has 0 atom stereocenters. The Morgan fingerprint density at radius 3 is 2.32 bits per heavy atom. The standard InChI is InChI=1S/C13H9N5OS.C2H6/c14-5-8-11(7-3-1-2-4-10(7)18-19)9(6-15)13(20)17-12(8)16;1-2/h1-4,18-19H,(H3,16,17,20);1-2H3. The molecule has 0 unspecified atom stereocenters. The van der Waals surface area contributed by atoms with E-state index in [4.69, 9.17) is 23.2 Å². The lowest BCUT2D eigenvalue weighted by Gasteiger charge is -2.12. The molecule has 1 heterocycles. The summed E-state index contributed by atoms with van der Waals surface area (Å²) in [6.45, 7) is 4.00. The summed E-state index contributed by atoms with van der Waals surface area (Å²) >= 11 is 5.06. The molecule has 0 radical (unpaired) electrons. The zero-order chi connectivity index (χ0) is 16.7. The minimum atomic E-state index is 0.0826. The first kappa shape index (κ1) is 17.2. The van der Waals surface area contributed by atoms with Gasteiger partial charge in [-0.25, -0.2) is 0 Å². The fourth-order valence-electron chi connectivity index (χ4n) is 1.91. The summed E-state index contributed by atoms with van der Waals surface area (Å²) < 4.78 is 0.145. The molecule has 0 aliphatic heterocycles. The average Bonchev–Trinajstić information content (AvgIpc) is 2.56. The van der Waals surface area contributed by atoms with Crippen LogP contribution in [0.4, 0.5) is 11.5 Å². The van der Waals surface area contributed by atoms with E-state index in [-0.39, 0.29) is 21.6 Å². The van der Waals surface area contributed by atoms with Crippen LogP contribution in [0, 0.1) is 27.3 Å². The molecular weight excluding hydrogens is 298 g/mol. The number of hydrogen-bond acceptors (Lipinski definition) is 6. The van der Waals surface area contributed by atoms with Crippen molar-refractivity contribution in [3.63, 3.8) is 0 Å². The second-order valence-electron chi connectivity index (χ2n) is 3.87. The van der Waals surface area contributed by atoms with Gasteiger partial charge in [-0.2, -0.15) is 10.5 Å². The molecule has 0 fully saturated rings. The number of aromatic nitrogens is 1. The van der Waals surface area contributed by atoms with Gasteiger partial charge in [0.05, 0.1) is 11.3 Å². The molecule has 112 valence electrons. The van der Waals surface area contributed by atoms with Crippen molar-refractivity contribution in [2.45, 2.75) is 13.8 Å². The van der Waals surface area contributed by atoms with E-state index in [0.29, 0.717) is 16.8 Å². The Morgan fingerprint density at radius 1 is 1.18 bits per heavy atom. The van der Waals surface area contributed by atoms with Crippen molar-refractivity contribution in [3.05, 3.63) is 40.0 Å². The van der Waals surface area contributed by atoms with Gasteiger partial charge >= 0.3 is 0 Å². The van der Waals surface area contributed by atoms with Gasteiger partial charge in [-0.3, -0.25) is 10.7 Å². The molecule has 0 bridgehead atoms. The lowest BCUT2D eigenvalue weighted by atomic mass is 9.95. The fourth-order valence-corrected chi connectivity index (χ4v) is 2.17. The number of hydrogen-bond donors (Lipinski definition) is 4. The van der Waals surface area contributed by atoms with Crippen LogP contribution in [0.3, 0.4) is 0 Å². The van der Waals surface area contributed by atoms with E-state index < -0.39 is 0 Å². The van der Waals surface area contributed by atoms with Crippen LogP contribution in [0.25, 0.3) is 11.1 Å². The molecule has 0 aliphatic rings. The monoisotopic (exact) mass is 313 g/mol. The van der Waals surface area contributed by atoms with Crippen LogP contribution in [0.1, 0.15) is 25.0 Å². The average molecular weight is 313 g/mol. The topological polar surface area (TPSA) is 122 Å². The molecule has 0 aliphatic carbocycles. The van der Waals surface area contributed by atoms with E-state index in [2.05, 4.69) is 4.98 Å². The number of benzene rings is 1. The Balaban J connectivity index is 0.00000116. The molecule has 22 heavy (non-hydrogen) atoms. The minimum Gasteiger partial charge on any atom is -0.384 e. The number of anilines is 2. The largest absolute Gasteiger partial charge is 0.384 e. The van der Waals surface area contributed by atoms with E-state index in [9.17, 15) is 10.5 Å². The number of para-hydroxylation sites is 1. The summed E-state index contributed by atoms with van der Waals surface area (Å²) in [6.07, 6.45) is 0. The molecule has 1 aromatic heterocycles. The summed E-state index contributed by atoms with van der Waals surface area (Å²) in [5, 5.41) is 27.7. The summed E-state index contributed by atoms with van der Waals surface area (Å²) in [5.41, 5.74) is 9.14. The van der Waals surface area contributed by atoms with Gasteiger partial charge < -0.3 is 10.7 Å². The van der Waals surface area contributed by atoms with Crippen molar-refractivity contribution in [2.24, 2.45) is 0 Å². The molecule has 5 N–H and O–H groups in total. The second-order valence-corrected chi connectivity index (χ2v) is 4.28. The van der Waals surface area contributed by atoms with Crippen LogP contribution >= 0.6 is 12.2 Å². The fraction of sp³-hybridized carbons (Fsp3) is 0.133.